The molecule has 2 heterocycles. The van der Waals surface area contributed by atoms with E-state index >= 15 is 0 Å². The van der Waals surface area contributed by atoms with E-state index in [2.05, 4.69) is 22.1 Å². The summed E-state index contributed by atoms with van der Waals surface area (Å²) in [4.78, 5) is 32.1. The Bertz CT molecular complexity index is 1120. The van der Waals surface area contributed by atoms with Gasteiger partial charge in [-0.2, -0.15) is 4.98 Å². The molecule has 1 amide bonds. The maximum Gasteiger partial charge on any atom is 0.350 e. The second-order valence-corrected chi connectivity index (χ2v) is 7.77. The van der Waals surface area contributed by atoms with E-state index in [1.54, 1.807) is 31.4 Å². The predicted molar refractivity (Wildman–Crippen MR) is 118 cm³/mol. The van der Waals surface area contributed by atoms with Crippen LogP contribution in [0.25, 0.3) is 10.9 Å². The zero-order valence-electron chi connectivity index (χ0n) is 17.3. The van der Waals surface area contributed by atoms with Crippen molar-refractivity contribution in [3.8, 4) is 5.75 Å². The molecule has 4 rings (SSSR count). The lowest BCUT2D eigenvalue weighted by Gasteiger charge is -2.32. The number of nitrogens with zero attached hydrogens (tertiary/aromatic N) is 3. The van der Waals surface area contributed by atoms with Crippen molar-refractivity contribution in [1.82, 2.24) is 9.55 Å². The predicted octanol–water partition coefficient (Wildman–Crippen LogP) is 3.28. The first-order chi connectivity index (χ1) is 14.5. The van der Waals surface area contributed by atoms with Crippen molar-refractivity contribution < 1.29 is 9.53 Å². The summed E-state index contributed by atoms with van der Waals surface area (Å²) in [5.74, 6) is 1.76. The third-order valence-electron chi connectivity index (χ3n) is 5.61. The van der Waals surface area contributed by atoms with Gasteiger partial charge in [0, 0.05) is 30.2 Å². The Kier molecular flexibility index (Phi) is 5.70. The molecule has 1 fully saturated rings. The van der Waals surface area contributed by atoms with Crippen molar-refractivity contribution >= 4 is 28.3 Å². The van der Waals surface area contributed by atoms with Crippen LogP contribution >= 0.6 is 0 Å². The minimum absolute atomic E-state index is 0.110. The van der Waals surface area contributed by atoms with E-state index in [9.17, 15) is 9.59 Å². The van der Waals surface area contributed by atoms with Gasteiger partial charge in [-0.1, -0.05) is 25.1 Å². The Balaban J connectivity index is 1.63. The molecular weight excluding hydrogens is 380 g/mol. The van der Waals surface area contributed by atoms with E-state index in [0.29, 0.717) is 28.7 Å². The van der Waals surface area contributed by atoms with Gasteiger partial charge in [0.15, 0.2) is 0 Å². The number of piperidine rings is 1. The Labute approximate surface area is 175 Å². The second-order valence-electron chi connectivity index (χ2n) is 7.77. The monoisotopic (exact) mass is 406 g/mol. The second kappa shape index (κ2) is 8.57. The number of carbonyl (C=O) groups is 1. The highest BCUT2D eigenvalue weighted by molar-refractivity contribution is 5.94. The summed E-state index contributed by atoms with van der Waals surface area (Å²) < 4.78 is 6.62. The average Bonchev–Trinajstić information content (AvgIpc) is 2.76. The number of anilines is 2. The lowest BCUT2D eigenvalue weighted by molar-refractivity contribution is -0.116. The number of para-hydroxylation sites is 1. The van der Waals surface area contributed by atoms with Crippen molar-refractivity contribution in [3.05, 3.63) is 59.0 Å². The molecule has 1 aliphatic rings. The minimum atomic E-state index is -0.414. The number of carbonyl (C=O) groups excluding carboxylic acids is 1. The van der Waals surface area contributed by atoms with Crippen LogP contribution in [0.5, 0.6) is 5.75 Å². The minimum Gasteiger partial charge on any atom is -0.497 e. The van der Waals surface area contributed by atoms with Crippen molar-refractivity contribution in [2.75, 3.05) is 30.4 Å². The maximum absolute atomic E-state index is 12.9. The number of hydrogen-bond donors (Lipinski definition) is 1. The molecule has 1 saturated heterocycles. The molecule has 1 aromatic heterocycles. The maximum atomic E-state index is 12.9. The Hall–Kier alpha value is -3.35. The molecular formula is C23H26N4O3. The van der Waals surface area contributed by atoms with Crippen LogP contribution in [0.4, 0.5) is 11.5 Å². The first-order valence-electron chi connectivity index (χ1n) is 10.2. The van der Waals surface area contributed by atoms with Gasteiger partial charge < -0.3 is 15.0 Å². The summed E-state index contributed by atoms with van der Waals surface area (Å²) >= 11 is 0. The van der Waals surface area contributed by atoms with Crippen LogP contribution in [0.1, 0.15) is 19.8 Å². The quantitative estimate of drug-likeness (QED) is 0.704. The van der Waals surface area contributed by atoms with Crippen LogP contribution in [0.2, 0.25) is 0 Å². The van der Waals surface area contributed by atoms with Gasteiger partial charge in [-0.25, -0.2) is 4.79 Å². The molecule has 0 unspecified atom stereocenters. The largest absolute Gasteiger partial charge is 0.497 e. The van der Waals surface area contributed by atoms with E-state index in [-0.39, 0.29) is 12.5 Å². The molecule has 7 nitrogen and oxygen atoms in total. The summed E-state index contributed by atoms with van der Waals surface area (Å²) in [6.07, 6.45) is 2.17. The molecule has 3 aromatic rings. The lowest BCUT2D eigenvalue weighted by atomic mass is 9.99. The fourth-order valence-electron chi connectivity index (χ4n) is 3.87. The highest BCUT2D eigenvalue weighted by atomic mass is 16.5. The SMILES string of the molecule is COc1cccc(NC(=O)Cn2c(=O)nc(N3CCC(C)CC3)c3ccccc32)c1. The topological polar surface area (TPSA) is 76.5 Å². The first-order valence-corrected chi connectivity index (χ1v) is 10.2. The first kappa shape index (κ1) is 19.9. The van der Waals surface area contributed by atoms with Crippen LogP contribution in [-0.2, 0) is 11.3 Å². The molecule has 30 heavy (non-hydrogen) atoms. The summed E-state index contributed by atoms with van der Waals surface area (Å²) in [6.45, 7) is 3.92. The molecule has 1 N–H and O–H groups in total. The molecule has 0 radical (unpaired) electrons. The summed E-state index contributed by atoms with van der Waals surface area (Å²) in [5, 5.41) is 3.71. The molecule has 1 aliphatic heterocycles. The van der Waals surface area contributed by atoms with Crippen LogP contribution in [-0.4, -0.2) is 35.7 Å². The Morgan fingerprint density at radius 1 is 1.17 bits per heavy atom. The van der Waals surface area contributed by atoms with Gasteiger partial charge in [0.05, 0.1) is 12.6 Å². The number of fused-ring (bicyclic) bond motifs is 1. The number of amides is 1. The van der Waals surface area contributed by atoms with E-state index in [0.717, 1.165) is 31.3 Å². The van der Waals surface area contributed by atoms with Gasteiger partial charge in [-0.3, -0.25) is 9.36 Å². The van der Waals surface area contributed by atoms with Crippen LogP contribution in [0, 0.1) is 5.92 Å². The molecule has 0 aliphatic carbocycles. The normalized spacial score (nSPS) is 14.7. The fourth-order valence-corrected chi connectivity index (χ4v) is 3.87. The van der Waals surface area contributed by atoms with Crippen molar-refractivity contribution in [3.63, 3.8) is 0 Å². The van der Waals surface area contributed by atoms with Gasteiger partial charge >= 0.3 is 5.69 Å². The molecule has 0 bridgehead atoms. The van der Waals surface area contributed by atoms with Crippen LogP contribution in [0.3, 0.4) is 0 Å². The highest BCUT2D eigenvalue weighted by Gasteiger charge is 2.21. The van der Waals surface area contributed by atoms with Gasteiger partial charge in [-0.15, -0.1) is 0 Å². The lowest BCUT2D eigenvalue weighted by Crippen LogP contribution is -2.37. The smallest absolute Gasteiger partial charge is 0.350 e. The van der Waals surface area contributed by atoms with Crippen molar-refractivity contribution in [1.29, 1.82) is 0 Å². The number of benzene rings is 2. The standard InChI is InChI=1S/C23H26N4O3/c1-16-10-12-26(13-11-16)22-19-8-3-4-9-20(19)27(23(29)25-22)15-21(28)24-17-6-5-7-18(14-17)30-2/h3-9,14,16H,10-13,15H2,1-2H3,(H,24,28). The third-order valence-corrected chi connectivity index (χ3v) is 5.61. The fraction of sp³-hybridized carbons (Fsp3) is 0.348. The molecule has 0 saturated carbocycles. The van der Waals surface area contributed by atoms with Gasteiger partial charge in [0.2, 0.25) is 5.91 Å². The Morgan fingerprint density at radius 2 is 1.93 bits per heavy atom. The zero-order chi connectivity index (χ0) is 21.1. The molecule has 0 atom stereocenters. The third kappa shape index (κ3) is 4.15. The van der Waals surface area contributed by atoms with E-state index in [1.165, 1.54) is 4.57 Å². The zero-order valence-corrected chi connectivity index (χ0v) is 17.3. The number of nitrogens with one attached hydrogen (secondary N) is 1. The summed E-state index contributed by atoms with van der Waals surface area (Å²) in [7, 11) is 1.57. The van der Waals surface area contributed by atoms with Crippen molar-refractivity contribution in [2.24, 2.45) is 5.92 Å². The molecule has 7 heteroatoms. The van der Waals surface area contributed by atoms with E-state index in [4.69, 9.17) is 4.74 Å². The van der Waals surface area contributed by atoms with Gasteiger partial charge in [0.1, 0.15) is 18.1 Å². The van der Waals surface area contributed by atoms with Crippen molar-refractivity contribution in [2.45, 2.75) is 26.3 Å². The number of rotatable bonds is 5. The number of methoxy groups -OCH3 is 1. The molecule has 0 spiro atoms. The number of ether oxygens (including phenoxy) is 1. The average molecular weight is 406 g/mol. The summed E-state index contributed by atoms with van der Waals surface area (Å²) in [6, 6.07) is 14.8. The van der Waals surface area contributed by atoms with E-state index < -0.39 is 5.69 Å². The number of hydrogen-bond acceptors (Lipinski definition) is 5. The van der Waals surface area contributed by atoms with Crippen LogP contribution in [0.15, 0.2) is 53.3 Å². The van der Waals surface area contributed by atoms with Crippen LogP contribution < -0.4 is 20.6 Å². The molecule has 156 valence electrons. The Morgan fingerprint density at radius 3 is 2.70 bits per heavy atom. The summed E-state index contributed by atoms with van der Waals surface area (Å²) in [5.41, 5.74) is 0.916. The van der Waals surface area contributed by atoms with Gasteiger partial charge in [-0.05, 0) is 43.0 Å². The van der Waals surface area contributed by atoms with E-state index in [1.807, 2.05) is 24.3 Å². The number of aromatic nitrogens is 2. The highest BCUT2D eigenvalue weighted by Crippen LogP contribution is 2.27. The van der Waals surface area contributed by atoms with Gasteiger partial charge in [0.25, 0.3) is 0 Å². The molecule has 2 aromatic carbocycles.